The van der Waals surface area contributed by atoms with Gasteiger partial charge in [-0.3, -0.25) is 4.99 Å². The van der Waals surface area contributed by atoms with Gasteiger partial charge in [-0.2, -0.15) is 0 Å². The van der Waals surface area contributed by atoms with Gasteiger partial charge >= 0.3 is 0 Å². The van der Waals surface area contributed by atoms with Gasteiger partial charge in [0.2, 0.25) is 0 Å². The SMILES string of the molecule is CN=C(NCCc1ccc(F)cc1C)N(C)C. The Morgan fingerprint density at radius 3 is 2.65 bits per heavy atom. The molecule has 0 heterocycles. The summed E-state index contributed by atoms with van der Waals surface area (Å²) in [4.78, 5) is 6.05. The zero-order chi connectivity index (χ0) is 12.8. The van der Waals surface area contributed by atoms with Crippen LogP contribution in [0.25, 0.3) is 0 Å². The highest BCUT2D eigenvalue weighted by Gasteiger charge is 2.02. The standard InChI is InChI=1S/C13H20FN3/c1-10-9-12(14)6-5-11(10)7-8-16-13(15-2)17(3)4/h5-6,9H,7-8H2,1-4H3,(H,15,16). The van der Waals surface area contributed by atoms with Gasteiger partial charge in [0.25, 0.3) is 0 Å². The van der Waals surface area contributed by atoms with Crippen LogP contribution in [0.3, 0.4) is 0 Å². The van der Waals surface area contributed by atoms with Gasteiger partial charge in [0.05, 0.1) is 0 Å². The molecule has 0 radical (unpaired) electrons. The van der Waals surface area contributed by atoms with E-state index < -0.39 is 0 Å². The molecule has 3 nitrogen and oxygen atoms in total. The van der Waals surface area contributed by atoms with Gasteiger partial charge in [-0.25, -0.2) is 4.39 Å². The Labute approximate surface area is 102 Å². The molecule has 0 unspecified atom stereocenters. The second kappa shape index (κ2) is 6.23. The molecule has 17 heavy (non-hydrogen) atoms. The van der Waals surface area contributed by atoms with Gasteiger partial charge in [0.1, 0.15) is 5.82 Å². The van der Waals surface area contributed by atoms with Crippen LogP contribution in [-0.2, 0) is 6.42 Å². The first-order chi connectivity index (χ1) is 8.04. The molecular weight excluding hydrogens is 217 g/mol. The van der Waals surface area contributed by atoms with Crippen molar-refractivity contribution in [1.82, 2.24) is 10.2 Å². The van der Waals surface area contributed by atoms with Crippen molar-refractivity contribution in [1.29, 1.82) is 0 Å². The number of nitrogens with zero attached hydrogens (tertiary/aromatic N) is 2. The molecule has 0 atom stereocenters. The molecule has 0 aliphatic rings. The molecule has 0 spiro atoms. The van der Waals surface area contributed by atoms with E-state index in [4.69, 9.17) is 0 Å². The number of guanidine groups is 1. The number of benzene rings is 1. The average molecular weight is 237 g/mol. The maximum Gasteiger partial charge on any atom is 0.193 e. The van der Waals surface area contributed by atoms with Gasteiger partial charge < -0.3 is 10.2 Å². The summed E-state index contributed by atoms with van der Waals surface area (Å²) in [6.45, 7) is 2.72. The van der Waals surface area contributed by atoms with Gasteiger partial charge in [-0.1, -0.05) is 6.07 Å². The predicted molar refractivity (Wildman–Crippen MR) is 69.9 cm³/mol. The molecule has 0 fully saturated rings. The highest BCUT2D eigenvalue weighted by molar-refractivity contribution is 5.79. The maximum absolute atomic E-state index is 12.9. The van der Waals surface area contributed by atoms with Crippen molar-refractivity contribution in [2.24, 2.45) is 4.99 Å². The van der Waals surface area contributed by atoms with Crippen LogP contribution in [0.4, 0.5) is 4.39 Å². The lowest BCUT2D eigenvalue weighted by atomic mass is 10.1. The fraction of sp³-hybridized carbons (Fsp3) is 0.462. The van der Waals surface area contributed by atoms with Crippen molar-refractivity contribution >= 4 is 5.96 Å². The van der Waals surface area contributed by atoms with Crippen LogP contribution in [-0.4, -0.2) is 38.5 Å². The molecule has 0 aliphatic heterocycles. The molecule has 0 aliphatic carbocycles. The van der Waals surface area contributed by atoms with Gasteiger partial charge in [-0.15, -0.1) is 0 Å². The minimum atomic E-state index is -0.177. The van der Waals surface area contributed by atoms with Gasteiger partial charge in [-0.05, 0) is 36.6 Å². The van der Waals surface area contributed by atoms with E-state index in [9.17, 15) is 4.39 Å². The average Bonchev–Trinajstić information content (AvgIpc) is 2.26. The molecule has 1 rings (SSSR count). The first kappa shape index (κ1) is 13.5. The molecule has 0 bridgehead atoms. The monoisotopic (exact) mass is 237 g/mol. The van der Waals surface area contributed by atoms with Crippen LogP contribution in [0.1, 0.15) is 11.1 Å². The molecule has 0 aromatic heterocycles. The van der Waals surface area contributed by atoms with Crippen molar-refractivity contribution in [3.05, 3.63) is 35.1 Å². The zero-order valence-corrected chi connectivity index (χ0v) is 10.9. The largest absolute Gasteiger partial charge is 0.356 e. The first-order valence-corrected chi connectivity index (χ1v) is 5.67. The lowest BCUT2D eigenvalue weighted by Gasteiger charge is -2.17. The van der Waals surface area contributed by atoms with Gasteiger partial charge in [0, 0.05) is 27.7 Å². The summed E-state index contributed by atoms with van der Waals surface area (Å²) in [7, 11) is 5.64. The van der Waals surface area contributed by atoms with Crippen LogP contribution >= 0.6 is 0 Å². The summed E-state index contributed by atoms with van der Waals surface area (Å²) in [5.41, 5.74) is 2.15. The topological polar surface area (TPSA) is 27.6 Å². The lowest BCUT2D eigenvalue weighted by Crippen LogP contribution is -2.37. The van der Waals surface area contributed by atoms with E-state index >= 15 is 0 Å². The fourth-order valence-electron chi connectivity index (χ4n) is 1.69. The van der Waals surface area contributed by atoms with E-state index in [0.717, 1.165) is 30.1 Å². The van der Waals surface area contributed by atoms with E-state index in [2.05, 4.69) is 10.3 Å². The molecule has 0 amide bonds. The van der Waals surface area contributed by atoms with E-state index in [1.165, 1.54) is 6.07 Å². The Bertz CT molecular complexity index is 400. The summed E-state index contributed by atoms with van der Waals surface area (Å²) in [6, 6.07) is 4.91. The van der Waals surface area contributed by atoms with Crippen LogP contribution in [0.5, 0.6) is 0 Å². The third-order valence-corrected chi connectivity index (χ3v) is 2.62. The fourth-order valence-corrected chi connectivity index (χ4v) is 1.69. The Morgan fingerprint density at radius 2 is 2.12 bits per heavy atom. The molecular formula is C13H20FN3. The summed E-state index contributed by atoms with van der Waals surface area (Å²) < 4.78 is 12.9. The van der Waals surface area contributed by atoms with Crippen molar-refractivity contribution < 1.29 is 4.39 Å². The molecule has 4 heteroatoms. The summed E-state index contributed by atoms with van der Waals surface area (Å²) in [5, 5.41) is 3.24. The van der Waals surface area contributed by atoms with Crippen LogP contribution in [0.2, 0.25) is 0 Å². The maximum atomic E-state index is 12.9. The molecule has 1 N–H and O–H groups in total. The first-order valence-electron chi connectivity index (χ1n) is 5.67. The van der Waals surface area contributed by atoms with E-state index in [0.29, 0.717) is 0 Å². The number of aliphatic imine (C=N–C) groups is 1. The van der Waals surface area contributed by atoms with E-state index in [1.54, 1.807) is 13.1 Å². The highest BCUT2D eigenvalue weighted by Crippen LogP contribution is 2.10. The highest BCUT2D eigenvalue weighted by atomic mass is 19.1. The summed E-state index contributed by atoms with van der Waals surface area (Å²) in [5.74, 6) is 0.674. The Kier molecular flexibility index (Phi) is 4.94. The Balaban J connectivity index is 2.51. The third-order valence-electron chi connectivity index (χ3n) is 2.62. The van der Waals surface area contributed by atoms with Crippen molar-refractivity contribution in [2.45, 2.75) is 13.3 Å². The van der Waals surface area contributed by atoms with Crippen molar-refractivity contribution in [2.75, 3.05) is 27.7 Å². The quantitative estimate of drug-likeness (QED) is 0.641. The molecule has 1 aromatic carbocycles. The predicted octanol–water partition coefficient (Wildman–Crippen LogP) is 1.81. The minimum absolute atomic E-state index is 0.177. The molecule has 0 saturated carbocycles. The van der Waals surface area contributed by atoms with Crippen LogP contribution < -0.4 is 5.32 Å². The van der Waals surface area contributed by atoms with E-state index in [-0.39, 0.29) is 5.82 Å². The molecule has 0 saturated heterocycles. The molecule has 94 valence electrons. The lowest BCUT2D eigenvalue weighted by molar-refractivity contribution is 0.583. The number of nitrogens with one attached hydrogen (secondary N) is 1. The molecule has 1 aromatic rings. The number of halogens is 1. The van der Waals surface area contributed by atoms with Crippen molar-refractivity contribution in [3.63, 3.8) is 0 Å². The number of rotatable bonds is 3. The zero-order valence-electron chi connectivity index (χ0n) is 10.9. The number of hydrogen-bond acceptors (Lipinski definition) is 1. The van der Waals surface area contributed by atoms with Crippen molar-refractivity contribution in [3.8, 4) is 0 Å². The second-order valence-electron chi connectivity index (χ2n) is 4.19. The second-order valence-corrected chi connectivity index (χ2v) is 4.19. The van der Waals surface area contributed by atoms with Gasteiger partial charge in [0.15, 0.2) is 5.96 Å². The Morgan fingerprint density at radius 1 is 1.41 bits per heavy atom. The summed E-state index contributed by atoms with van der Waals surface area (Å²) in [6.07, 6.45) is 0.860. The summed E-state index contributed by atoms with van der Waals surface area (Å²) >= 11 is 0. The number of aryl methyl sites for hydroxylation is 1. The third kappa shape index (κ3) is 4.06. The van der Waals surface area contributed by atoms with E-state index in [1.807, 2.05) is 32.0 Å². The minimum Gasteiger partial charge on any atom is -0.356 e. The number of hydrogen-bond donors (Lipinski definition) is 1. The van der Waals surface area contributed by atoms with Crippen LogP contribution in [0.15, 0.2) is 23.2 Å². The van der Waals surface area contributed by atoms with Crippen LogP contribution in [0, 0.1) is 12.7 Å². The smallest absolute Gasteiger partial charge is 0.193 e. The Hall–Kier alpha value is -1.58. The normalized spacial score (nSPS) is 11.5.